The largest absolute Gasteiger partial charge is 0.504 e. The van der Waals surface area contributed by atoms with Gasteiger partial charge in [-0.1, -0.05) is 54.6 Å². The molecule has 0 aliphatic heterocycles. The quantitative estimate of drug-likeness (QED) is 0.215. The number of methoxy groups -OCH3 is 4. The highest BCUT2D eigenvalue weighted by molar-refractivity contribution is 5.55. The maximum absolute atomic E-state index is 9.57. The lowest BCUT2D eigenvalue weighted by atomic mass is 10.1. The van der Waals surface area contributed by atoms with E-state index in [0.29, 0.717) is 5.75 Å². The summed E-state index contributed by atoms with van der Waals surface area (Å²) in [5.41, 5.74) is 6.99. The van der Waals surface area contributed by atoms with Crippen LogP contribution in [0.5, 0.6) is 28.7 Å². The monoisotopic (exact) mass is 552 g/mol. The molecule has 0 aliphatic carbocycles. The topological polar surface area (TPSA) is 57.2 Å². The second-order valence-electron chi connectivity index (χ2n) is 9.63. The Bertz CT molecular complexity index is 1450. The Labute approximate surface area is 244 Å². The van der Waals surface area contributed by atoms with E-state index in [2.05, 4.69) is 55.5 Å². The lowest BCUT2D eigenvalue weighted by Crippen LogP contribution is -1.87. The number of ether oxygens (including phenoxy) is 4. The molecule has 0 aromatic heterocycles. The van der Waals surface area contributed by atoms with Crippen LogP contribution in [0.2, 0.25) is 0 Å². The van der Waals surface area contributed by atoms with E-state index in [1.54, 1.807) is 34.5 Å². The number of rotatable bonds is 10. The molecule has 0 spiro atoms. The fourth-order valence-corrected chi connectivity index (χ4v) is 4.25. The maximum Gasteiger partial charge on any atom is 0.160 e. The summed E-state index contributed by atoms with van der Waals surface area (Å²) >= 11 is 0. The zero-order chi connectivity index (χ0) is 29.6. The van der Waals surface area contributed by atoms with E-state index < -0.39 is 0 Å². The minimum atomic E-state index is 0.161. The minimum Gasteiger partial charge on any atom is -0.504 e. The number of benzene rings is 4. The molecule has 0 bridgehead atoms. The standard InChI is InChI=1S/C18H20O3.C18H20O2/c1-13-9-15(11-16(10-13)20-2)6-4-5-14-7-8-17(19)18(12-14)21-3;1-14-11-16(13-18(12-14)20-3)6-4-5-15-7-9-17(19-2)10-8-15/h4,6-12,19H,5H2,1-3H3;4,6-13H,5H2,1-3H3/b2*6-4+. The molecular formula is C36H40O5. The number of hydrogen-bond donors (Lipinski definition) is 1. The van der Waals surface area contributed by atoms with E-state index in [0.717, 1.165) is 46.8 Å². The van der Waals surface area contributed by atoms with E-state index in [9.17, 15) is 5.11 Å². The predicted octanol–water partition coefficient (Wildman–Crippen LogP) is 8.24. The van der Waals surface area contributed by atoms with Gasteiger partial charge in [0.2, 0.25) is 0 Å². The van der Waals surface area contributed by atoms with E-state index in [1.165, 1.54) is 16.7 Å². The smallest absolute Gasteiger partial charge is 0.160 e. The molecule has 0 unspecified atom stereocenters. The molecule has 0 aliphatic rings. The molecule has 4 aromatic carbocycles. The highest BCUT2D eigenvalue weighted by atomic mass is 16.5. The van der Waals surface area contributed by atoms with Crippen LogP contribution in [-0.4, -0.2) is 33.5 Å². The van der Waals surface area contributed by atoms with Crippen LogP contribution in [0.3, 0.4) is 0 Å². The van der Waals surface area contributed by atoms with Gasteiger partial charge in [-0.2, -0.15) is 0 Å². The highest BCUT2D eigenvalue weighted by Crippen LogP contribution is 2.27. The molecule has 0 heterocycles. The Balaban J connectivity index is 0.000000226. The molecule has 41 heavy (non-hydrogen) atoms. The third-order valence-corrected chi connectivity index (χ3v) is 6.35. The summed E-state index contributed by atoms with van der Waals surface area (Å²) in [6.45, 7) is 4.12. The second kappa shape index (κ2) is 15.8. The summed E-state index contributed by atoms with van der Waals surface area (Å²) in [6.07, 6.45) is 10.1. The zero-order valence-corrected chi connectivity index (χ0v) is 24.8. The van der Waals surface area contributed by atoms with Crippen molar-refractivity contribution < 1.29 is 24.1 Å². The molecule has 0 atom stereocenters. The van der Waals surface area contributed by atoms with Crippen molar-refractivity contribution in [2.45, 2.75) is 26.7 Å². The van der Waals surface area contributed by atoms with E-state index in [-0.39, 0.29) is 5.75 Å². The normalized spacial score (nSPS) is 10.8. The first-order valence-electron chi connectivity index (χ1n) is 13.5. The molecule has 0 saturated carbocycles. The molecule has 5 nitrogen and oxygen atoms in total. The van der Waals surface area contributed by atoms with Crippen LogP contribution in [0.15, 0.2) is 91.0 Å². The van der Waals surface area contributed by atoms with E-state index in [4.69, 9.17) is 18.9 Å². The van der Waals surface area contributed by atoms with Gasteiger partial charge < -0.3 is 24.1 Å². The van der Waals surface area contributed by atoms with Gasteiger partial charge in [0, 0.05) is 0 Å². The van der Waals surface area contributed by atoms with Gasteiger partial charge in [0.25, 0.3) is 0 Å². The lowest BCUT2D eigenvalue weighted by Gasteiger charge is -2.05. The average molecular weight is 553 g/mol. The van der Waals surface area contributed by atoms with Crippen LogP contribution in [0.4, 0.5) is 0 Å². The molecule has 214 valence electrons. The summed E-state index contributed by atoms with van der Waals surface area (Å²) in [5, 5.41) is 9.57. The van der Waals surface area contributed by atoms with Crippen LogP contribution < -0.4 is 18.9 Å². The Kier molecular flexibility index (Phi) is 11.9. The number of aromatic hydroxyl groups is 1. The Morgan fingerprint density at radius 1 is 0.537 bits per heavy atom. The fraction of sp³-hybridized carbons (Fsp3) is 0.222. The number of allylic oxidation sites excluding steroid dienone is 2. The van der Waals surface area contributed by atoms with Crippen LogP contribution >= 0.6 is 0 Å². The van der Waals surface area contributed by atoms with Crippen molar-refractivity contribution in [2.24, 2.45) is 0 Å². The number of hydrogen-bond acceptors (Lipinski definition) is 5. The number of aryl methyl sites for hydroxylation is 2. The van der Waals surface area contributed by atoms with Crippen molar-refractivity contribution in [2.75, 3.05) is 28.4 Å². The fourth-order valence-electron chi connectivity index (χ4n) is 4.25. The summed E-state index contributed by atoms with van der Waals surface area (Å²) in [7, 11) is 6.60. The van der Waals surface area contributed by atoms with Crippen LogP contribution in [0.25, 0.3) is 12.2 Å². The second-order valence-corrected chi connectivity index (χ2v) is 9.63. The van der Waals surface area contributed by atoms with Crippen molar-refractivity contribution in [3.05, 3.63) is 124 Å². The minimum absolute atomic E-state index is 0.161. The summed E-state index contributed by atoms with van der Waals surface area (Å²) in [6, 6.07) is 25.8. The Morgan fingerprint density at radius 2 is 1.02 bits per heavy atom. The third kappa shape index (κ3) is 10.1. The molecule has 4 aromatic rings. The van der Waals surface area contributed by atoms with Crippen LogP contribution in [0, 0.1) is 13.8 Å². The van der Waals surface area contributed by atoms with Gasteiger partial charge in [0.1, 0.15) is 17.2 Å². The molecule has 0 radical (unpaired) electrons. The molecule has 0 saturated heterocycles. The Hall–Kier alpha value is -4.64. The number of phenolic OH excluding ortho intramolecular Hbond substituents is 1. The van der Waals surface area contributed by atoms with Gasteiger partial charge >= 0.3 is 0 Å². The van der Waals surface area contributed by atoms with Crippen molar-refractivity contribution >= 4 is 12.2 Å². The molecular weight excluding hydrogens is 512 g/mol. The SMILES string of the molecule is COc1cc(C)cc(/C=C/Cc2ccc(O)c(OC)c2)c1.COc1ccc(C/C=C/c2cc(C)cc(OC)c2)cc1. The summed E-state index contributed by atoms with van der Waals surface area (Å²) < 4.78 is 20.8. The first-order valence-corrected chi connectivity index (χ1v) is 13.5. The highest BCUT2D eigenvalue weighted by Gasteiger charge is 2.02. The van der Waals surface area contributed by atoms with Gasteiger partial charge in [-0.25, -0.2) is 0 Å². The first-order chi connectivity index (χ1) is 19.8. The van der Waals surface area contributed by atoms with Gasteiger partial charge in [-0.3, -0.25) is 0 Å². The molecule has 0 fully saturated rings. The van der Waals surface area contributed by atoms with Gasteiger partial charge in [-0.15, -0.1) is 0 Å². The maximum atomic E-state index is 9.57. The Morgan fingerprint density at radius 3 is 1.51 bits per heavy atom. The summed E-state index contributed by atoms with van der Waals surface area (Å²) in [5.74, 6) is 3.31. The summed E-state index contributed by atoms with van der Waals surface area (Å²) in [4.78, 5) is 0. The molecule has 1 N–H and O–H groups in total. The molecule has 5 heteroatoms. The predicted molar refractivity (Wildman–Crippen MR) is 169 cm³/mol. The zero-order valence-electron chi connectivity index (χ0n) is 24.8. The van der Waals surface area contributed by atoms with E-state index in [1.807, 2.05) is 55.5 Å². The van der Waals surface area contributed by atoms with E-state index >= 15 is 0 Å². The third-order valence-electron chi connectivity index (χ3n) is 6.35. The molecule has 4 rings (SSSR count). The first kappa shape index (κ1) is 30.9. The van der Waals surface area contributed by atoms with Crippen LogP contribution in [-0.2, 0) is 12.8 Å². The van der Waals surface area contributed by atoms with Crippen molar-refractivity contribution in [1.29, 1.82) is 0 Å². The van der Waals surface area contributed by atoms with Crippen molar-refractivity contribution in [1.82, 2.24) is 0 Å². The average Bonchev–Trinajstić information content (AvgIpc) is 2.98. The lowest BCUT2D eigenvalue weighted by molar-refractivity contribution is 0.373. The van der Waals surface area contributed by atoms with Crippen molar-refractivity contribution in [3.63, 3.8) is 0 Å². The van der Waals surface area contributed by atoms with Gasteiger partial charge in [0.05, 0.1) is 28.4 Å². The van der Waals surface area contributed by atoms with Gasteiger partial charge in [0.15, 0.2) is 11.5 Å². The molecule has 0 amide bonds. The number of phenols is 1. The van der Waals surface area contributed by atoms with Gasteiger partial charge in [-0.05, 0) is 109 Å². The van der Waals surface area contributed by atoms with Crippen LogP contribution in [0.1, 0.15) is 33.4 Å². The van der Waals surface area contributed by atoms with Crippen molar-refractivity contribution in [3.8, 4) is 28.7 Å².